The highest BCUT2D eigenvalue weighted by Gasteiger charge is 2.20. The fraction of sp³-hybridized carbons (Fsp3) is 0.167. The second-order valence-corrected chi connectivity index (χ2v) is 3.79. The van der Waals surface area contributed by atoms with Crippen molar-refractivity contribution < 1.29 is 23.9 Å². The molecule has 1 aromatic heterocycles. The van der Waals surface area contributed by atoms with E-state index in [1.165, 1.54) is 6.07 Å². The van der Waals surface area contributed by atoms with Crippen LogP contribution in [0.5, 0.6) is 5.75 Å². The van der Waals surface area contributed by atoms with E-state index in [1.54, 1.807) is 6.07 Å². The van der Waals surface area contributed by atoms with E-state index in [0.29, 0.717) is 23.7 Å². The van der Waals surface area contributed by atoms with Crippen LogP contribution in [-0.2, 0) is 11.3 Å². The number of ether oxygens (including phenoxy) is 2. The number of carbonyl (C=O) groups is 1. The van der Waals surface area contributed by atoms with Gasteiger partial charge in [0.1, 0.15) is 5.75 Å². The van der Waals surface area contributed by atoms with Crippen molar-refractivity contribution in [1.82, 2.24) is 5.16 Å². The molecule has 0 aliphatic carbocycles. The average molecular weight is 247 g/mol. The molecule has 3 rings (SSSR count). The standard InChI is InChI=1S/C12H9NO5/c14-12(15)9-4-10(18-13-9)8-3-1-2-7-5-16-6-17-11(7)8/h1-4H,5-6H2,(H,14,15). The van der Waals surface area contributed by atoms with Gasteiger partial charge in [0.25, 0.3) is 0 Å². The second kappa shape index (κ2) is 4.15. The van der Waals surface area contributed by atoms with Gasteiger partial charge in [0.2, 0.25) is 0 Å². The van der Waals surface area contributed by atoms with Gasteiger partial charge < -0.3 is 19.1 Å². The van der Waals surface area contributed by atoms with E-state index in [9.17, 15) is 4.79 Å². The number of aromatic carboxylic acids is 1. The first-order chi connectivity index (χ1) is 8.75. The molecule has 1 N–H and O–H groups in total. The van der Waals surface area contributed by atoms with E-state index in [-0.39, 0.29) is 12.5 Å². The number of rotatable bonds is 2. The molecular weight excluding hydrogens is 238 g/mol. The largest absolute Gasteiger partial charge is 0.476 e. The first-order valence-electron chi connectivity index (χ1n) is 5.28. The lowest BCUT2D eigenvalue weighted by molar-refractivity contribution is -0.0160. The molecule has 6 heteroatoms. The molecule has 0 unspecified atom stereocenters. The summed E-state index contributed by atoms with van der Waals surface area (Å²) in [5.41, 5.74) is 1.44. The van der Waals surface area contributed by atoms with Crippen LogP contribution < -0.4 is 4.74 Å². The SMILES string of the molecule is O=C(O)c1cc(-c2cccc3c2OCOC3)on1. The molecule has 0 saturated heterocycles. The molecule has 2 aromatic rings. The number of nitrogens with zero attached hydrogens (tertiary/aromatic N) is 1. The van der Waals surface area contributed by atoms with Gasteiger partial charge in [-0.3, -0.25) is 0 Å². The summed E-state index contributed by atoms with van der Waals surface area (Å²) in [5.74, 6) is -0.109. The van der Waals surface area contributed by atoms with Crippen molar-refractivity contribution in [1.29, 1.82) is 0 Å². The van der Waals surface area contributed by atoms with E-state index >= 15 is 0 Å². The second-order valence-electron chi connectivity index (χ2n) is 3.79. The van der Waals surface area contributed by atoms with Crippen molar-refractivity contribution in [2.45, 2.75) is 6.61 Å². The van der Waals surface area contributed by atoms with E-state index in [0.717, 1.165) is 5.56 Å². The van der Waals surface area contributed by atoms with Gasteiger partial charge in [0.15, 0.2) is 18.2 Å². The Labute approximate surface area is 102 Å². The van der Waals surface area contributed by atoms with Gasteiger partial charge in [0.05, 0.1) is 12.2 Å². The Morgan fingerprint density at radius 2 is 2.28 bits per heavy atom. The minimum atomic E-state index is -1.13. The fourth-order valence-corrected chi connectivity index (χ4v) is 1.82. The molecule has 0 radical (unpaired) electrons. The van der Waals surface area contributed by atoms with Gasteiger partial charge in [-0.15, -0.1) is 0 Å². The summed E-state index contributed by atoms with van der Waals surface area (Å²) in [6.45, 7) is 0.632. The zero-order chi connectivity index (χ0) is 12.5. The van der Waals surface area contributed by atoms with Gasteiger partial charge in [0, 0.05) is 11.6 Å². The number of para-hydroxylation sites is 1. The molecule has 6 nitrogen and oxygen atoms in total. The summed E-state index contributed by atoms with van der Waals surface area (Å²) >= 11 is 0. The highest BCUT2D eigenvalue weighted by Crippen LogP contribution is 2.35. The number of fused-ring (bicyclic) bond motifs is 1. The highest BCUT2D eigenvalue weighted by molar-refractivity contribution is 5.86. The lowest BCUT2D eigenvalue weighted by atomic mass is 10.1. The smallest absolute Gasteiger partial charge is 0.358 e. The Bertz CT molecular complexity index is 604. The summed E-state index contributed by atoms with van der Waals surface area (Å²) < 4.78 is 15.6. The van der Waals surface area contributed by atoms with Gasteiger partial charge in [-0.05, 0) is 6.07 Å². The first kappa shape index (κ1) is 10.8. The minimum Gasteiger partial charge on any atom is -0.476 e. The Hall–Kier alpha value is -2.34. The first-order valence-corrected chi connectivity index (χ1v) is 5.28. The van der Waals surface area contributed by atoms with Crippen molar-refractivity contribution in [2.24, 2.45) is 0 Å². The molecule has 1 aromatic carbocycles. The highest BCUT2D eigenvalue weighted by atomic mass is 16.7. The summed E-state index contributed by atoms with van der Waals surface area (Å²) in [6, 6.07) is 6.87. The van der Waals surface area contributed by atoms with Crippen LogP contribution in [-0.4, -0.2) is 23.0 Å². The third-order valence-electron chi connectivity index (χ3n) is 2.64. The monoisotopic (exact) mass is 247 g/mol. The Balaban J connectivity index is 2.08. The Kier molecular flexibility index (Phi) is 2.49. The van der Waals surface area contributed by atoms with Crippen LogP contribution in [0.2, 0.25) is 0 Å². The van der Waals surface area contributed by atoms with Gasteiger partial charge >= 0.3 is 5.97 Å². The predicted molar refractivity (Wildman–Crippen MR) is 59.2 cm³/mol. The van der Waals surface area contributed by atoms with Crippen LogP contribution in [0.1, 0.15) is 16.1 Å². The fourth-order valence-electron chi connectivity index (χ4n) is 1.82. The molecule has 0 amide bonds. The zero-order valence-electron chi connectivity index (χ0n) is 9.25. The van der Waals surface area contributed by atoms with Crippen LogP contribution in [0.3, 0.4) is 0 Å². The summed E-state index contributed by atoms with van der Waals surface area (Å²) in [4.78, 5) is 10.8. The van der Waals surface area contributed by atoms with Crippen LogP contribution >= 0.6 is 0 Å². The lowest BCUT2D eigenvalue weighted by Crippen LogP contribution is -2.11. The van der Waals surface area contributed by atoms with E-state index in [1.807, 2.05) is 12.1 Å². The van der Waals surface area contributed by atoms with Crippen molar-refractivity contribution in [3.05, 3.63) is 35.5 Å². The van der Waals surface area contributed by atoms with Crippen LogP contribution in [0, 0.1) is 0 Å². The Morgan fingerprint density at radius 1 is 1.39 bits per heavy atom. The quantitative estimate of drug-likeness (QED) is 0.872. The normalized spacial score (nSPS) is 13.8. The van der Waals surface area contributed by atoms with Gasteiger partial charge in [-0.2, -0.15) is 0 Å². The molecule has 18 heavy (non-hydrogen) atoms. The predicted octanol–water partition coefficient (Wildman–Crippen LogP) is 1.91. The maximum Gasteiger partial charge on any atom is 0.358 e. The van der Waals surface area contributed by atoms with Crippen LogP contribution in [0.4, 0.5) is 0 Å². The number of hydrogen-bond acceptors (Lipinski definition) is 5. The van der Waals surface area contributed by atoms with Crippen molar-refractivity contribution in [3.63, 3.8) is 0 Å². The van der Waals surface area contributed by atoms with Crippen LogP contribution in [0.15, 0.2) is 28.8 Å². The summed E-state index contributed by atoms with van der Waals surface area (Å²) in [5, 5.41) is 12.3. The molecule has 2 heterocycles. The van der Waals surface area contributed by atoms with Gasteiger partial charge in [-0.1, -0.05) is 17.3 Å². The van der Waals surface area contributed by atoms with Crippen molar-refractivity contribution >= 4 is 5.97 Å². The number of hydrogen-bond donors (Lipinski definition) is 1. The number of carboxylic acid groups (broad SMARTS) is 1. The molecule has 0 atom stereocenters. The molecule has 1 aliphatic rings. The molecule has 0 spiro atoms. The lowest BCUT2D eigenvalue weighted by Gasteiger charge is -2.19. The Morgan fingerprint density at radius 3 is 3.06 bits per heavy atom. The third-order valence-corrected chi connectivity index (χ3v) is 2.64. The molecule has 0 saturated carbocycles. The number of carboxylic acids is 1. The minimum absolute atomic E-state index is 0.130. The average Bonchev–Trinajstić information content (AvgIpc) is 2.87. The molecule has 0 fully saturated rings. The third kappa shape index (κ3) is 1.72. The molecule has 1 aliphatic heterocycles. The topological polar surface area (TPSA) is 81.8 Å². The van der Waals surface area contributed by atoms with E-state index in [2.05, 4.69) is 5.16 Å². The molecular formula is C12H9NO5. The zero-order valence-corrected chi connectivity index (χ0v) is 9.25. The molecule has 92 valence electrons. The summed E-state index contributed by atoms with van der Waals surface area (Å²) in [7, 11) is 0. The number of aromatic nitrogens is 1. The van der Waals surface area contributed by atoms with E-state index in [4.69, 9.17) is 19.1 Å². The van der Waals surface area contributed by atoms with Crippen LogP contribution in [0.25, 0.3) is 11.3 Å². The van der Waals surface area contributed by atoms with E-state index < -0.39 is 5.97 Å². The number of benzene rings is 1. The molecule has 0 bridgehead atoms. The van der Waals surface area contributed by atoms with Crippen molar-refractivity contribution in [2.75, 3.05) is 6.79 Å². The maximum atomic E-state index is 10.8. The van der Waals surface area contributed by atoms with Crippen molar-refractivity contribution in [3.8, 4) is 17.1 Å². The summed E-state index contributed by atoms with van der Waals surface area (Å²) in [6.07, 6.45) is 0. The maximum absolute atomic E-state index is 10.8. The van der Waals surface area contributed by atoms with Gasteiger partial charge in [-0.25, -0.2) is 4.79 Å².